The third-order valence-electron chi connectivity index (χ3n) is 4.49. The fourth-order valence-electron chi connectivity index (χ4n) is 3.11. The zero-order chi connectivity index (χ0) is 18.8. The third-order valence-corrected chi connectivity index (χ3v) is 4.49. The summed E-state index contributed by atoms with van der Waals surface area (Å²) in [7, 11) is 1.51. The number of hydrogen-bond acceptors (Lipinski definition) is 7. The maximum absolute atomic E-state index is 13.2. The molecule has 140 valence electrons. The smallest absolute Gasteiger partial charge is 0.248 e. The summed E-state index contributed by atoms with van der Waals surface area (Å²) in [5.74, 6) is 0.332. The van der Waals surface area contributed by atoms with E-state index in [9.17, 15) is 9.18 Å². The van der Waals surface area contributed by atoms with Gasteiger partial charge in [0, 0.05) is 33.3 Å². The van der Waals surface area contributed by atoms with E-state index < -0.39 is 0 Å². The number of methoxy groups -OCH3 is 1. The van der Waals surface area contributed by atoms with E-state index in [1.54, 1.807) is 21.7 Å². The number of ether oxygens (including phenoxy) is 1. The van der Waals surface area contributed by atoms with Crippen LogP contribution in [0.3, 0.4) is 0 Å². The van der Waals surface area contributed by atoms with Crippen LogP contribution in [-0.4, -0.2) is 75.7 Å². The fraction of sp³-hybridized carbons (Fsp3) is 0.353. The van der Waals surface area contributed by atoms with Gasteiger partial charge in [-0.15, -0.1) is 5.10 Å². The lowest BCUT2D eigenvalue weighted by Gasteiger charge is -2.35. The van der Waals surface area contributed by atoms with E-state index in [1.807, 2.05) is 0 Å². The molecule has 1 aromatic carbocycles. The van der Waals surface area contributed by atoms with Gasteiger partial charge in [-0.3, -0.25) is 4.79 Å². The third kappa shape index (κ3) is 3.31. The number of piperazine rings is 1. The summed E-state index contributed by atoms with van der Waals surface area (Å²) in [5.41, 5.74) is 1.78. The van der Waals surface area contributed by atoms with Crippen LogP contribution < -0.4 is 4.90 Å². The second-order valence-corrected chi connectivity index (χ2v) is 6.15. The molecule has 27 heavy (non-hydrogen) atoms. The van der Waals surface area contributed by atoms with E-state index >= 15 is 0 Å². The number of carbonyl (C=O) groups excluding carboxylic acids is 1. The number of fused-ring (bicyclic) bond motifs is 1. The number of halogens is 1. The summed E-state index contributed by atoms with van der Waals surface area (Å²) in [4.78, 5) is 24.4. The van der Waals surface area contributed by atoms with Crippen LogP contribution in [-0.2, 0) is 9.53 Å². The first-order chi connectivity index (χ1) is 13.2. The number of benzene rings is 1. The van der Waals surface area contributed by atoms with Crippen LogP contribution in [0.5, 0.6) is 0 Å². The van der Waals surface area contributed by atoms with Crippen molar-refractivity contribution in [2.75, 3.05) is 44.8 Å². The molecule has 1 aliphatic rings. The van der Waals surface area contributed by atoms with Crippen molar-refractivity contribution in [1.82, 2.24) is 29.9 Å². The van der Waals surface area contributed by atoms with Crippen LogP contribution in [0.25, 0.3) is 16.9 Å². The number of anilines is 1. The van der Waals surface area contributed by atoms with E-state index in [1.165, 1.54) is 25.6 Å². The minimum atomic E-state index is -0.320. The van der Waals surface area contributed by atoms with Gasteiger partial charge in [0.25, 0.3) is 0 Å². The van der Waals surface area contributed by atoms with Gasteiger partial charge in [0.1, 0.15) is 18.8 Å². The highest BCUT2D eigenvalue weighted by molar-refractivity contribution is 5.84. The Balaban J connectivity index is 1.59. The molecule has 0 bridgehead atoms. The Morgan fingerprint density at radius 3 is 2.59 bits per heavy atom. The van der Waals surface area contributed by atoms with Crippen molar-refractivity contribution < 1.29 is 13.9 Å². The molecular weight excluding hydrogens is 353 g/mol. The second kappa shape index (κ2) is 7.23. The van der Waals surface area contributed by atoms with Crippen LogP contribution in [0.15, 0.2) is 30.6 Å². The second-order valence-electron chi connectivity index (χ2n) is 6.15. The summed E-state index contributed by atoms with van der Waals surface area (Å²) in [6.45, 7) is 2.51. The topological polar surface area (TPSA) is 89.3 Å². The van der Waals surface area contributed by atoms with Gasteiger partial charge in [0.05, 0.1) is 5.69 Å². The standard InChI is InChI=1S/C17H18FN7O2/c1-27-10-14(26)23-6-8-24(9-7-23)16-15-17(20-11-19-16)25(22-21-15)13-4-2-12(18)3-5-13/h2-5,11H,6-10H2,1H3. The number of amides is 1. The summed E-state index contributed by atoms with van der Waals surface area (Å²) < 4.78 is 19.6. The minimum Gasteiger partial charge on any atom is -0.375 e. The average molecular weight is 371 g/mol. The zero-order valence-electron chi connectivity index (χ0n) is 14.7. The van der Waals surface area contributed by atoms with Gasteiger partial charge in [-0.25, -0.2) is 14.4 Å². The van der Waals surface area contributed by atoms with Crippen molar-refractivity contribution in [2.45, 2.75) is 0 Å². The van der Waals surface area contributed by atoms with Crippen molar-refractivity contribution in [3.8, 4) is 5.69 Å². The van der Waals surface area contributed by atoms with Crippen molar-refractivity contribution in [1.29, 1.82) is 0 Å². The average Bonchev–Trinajstić information content (AvgIpc) is 3.13. The molecule has 1 saturated heterocycles. The molecule has 1 aliphatic heterocycles. The first-order valence-electron chi connectivity index (χ1n) is 8.51. The van der Waals surface area contributed by atoms with Gasteiger partial charge in [0.2, 0.25) is 5.91 Å². The predicted octanol–water partition coefficient (Wildman–Crippen LogP) is 0.645. The van der Waals surface area contributed by atoms with Gasteiger partial charge >= 0.3 is 0 Å². The number of nitrogens with zero attached hydrogens (tertiary/aromatic N) is 7. The lowest BCUT2D eigenvalue weighted by molar-refractivity contribution is -0.135. The molecule has 1 amide bonds. The van der Waals surface area contributed by atoms with Crippen LogP contribution in [0.2, 0.25) is 0 Å². The molecule has 0 N–H and O–H groups in total. The van der Waals surface area contributed by atoms with Gasteiger partial charge < -0.3 is 14.5 Å². The number of rotatable bonds is 4. The van der Waals surface area contributed by atoms with Gasteiger partial charge in [-0.2, -0.15) is 4.68 Å². The molecule has 10 heteroatoms. The molecule has 0 radical (unpaired) electrons. The van der Waals surface area contributed by atoms with Gasteiger partial charge in [-0.05, 0) is 24.3 Å². The van der Waals surface area contributed by atoms with Gasteiger partial charge in [0.15, 0.2) is 17.0 Å². The highest BCUT2D eigenvalue weighted by Crippen LogP contribution is 2.23. The fourth-order valence-corrected chi connectivity index (χ4v) is 3.11. The summed E-state index contributed by atoms with van der Waals surface area (Å²) in [5, 5.41) is 8.38. The summed E-state index contributed by atoms with van der Waals surface area (Å²) in [6.07, 6.45) is 1.46. The number of hydrogen-bond donors (Lipinski definition) is 0. The Bertz CT molecular complexity index is 952. The van der Waals surface area contributed by atoms with Crippen molar-refractivity contribution in [3.05, 3.63) is 36.4 Å². The Labute approximate surface area is 154 Å². The molecule has 9 nitrogen and oxygen atoms in total. The molecule has 0 unspecified atom stereocenters. The molecule has 1 fully saturated rings. The molecule has 0 aliphatic carbocycles. The molecule has 0 spiro atoms. The van der Waals surface area contributed by atoms with E-state index in [4.69, 9.17) is 4.74 Å². The maximum atomic E-state index is 13.2. The Morgan fingerprint density at radius 2 is 1.89 bits per heavy atom. The predicted molar refractivity (Wildman–Crippen MR) is 95.1 cm³/mol. The van der Waals surface area contributed by atoms with Crippen molar-refractivity contribution in [2.24, 2.45) is 0 Å². The molecule has 3 heterocycles. The number of carbonyl (C=O) groups is 1. The normalized spacial score (nSPS) is 14.7. The molecule has 2 aromatic heterocycles. The first-order valence-corrected chi connectivity index (χ1v) is 8.51. The lowest BCUT2D eigenvalue weighted by Crippen LogP contribution is -2.50. The molecule has 4 rings (SSSR count). The van der Waals surface area contributed by atoms with Crippen LogP contribution in [0.1, 0.15) is 0 Å². The first kappa shape index (κ1) is 17.3. The zero-order valence-corrected chi connectivity index (χ0v) is 14.7. The lowest BCUT2D eigenvalue weighted by atomic mass is 10.3. The van der Waals surface area contributed by atoms with Crippen molar-refractivity contribution in [3.63, 3.8) is 0 Å². The molecule has 3 aromatic rings. The summed E-state index contributed by atoms with van der Waals surface area (Å²) >= 11 is 0. The van der Waals surface area contributed by atoms with Crippen LogP contribution >= 0.6 is 0 Å². The van der Waals surface area contributed by atoms with Gasteiger partial charge in [-0.1, -0.05) is 5.21 Å². The Kier molecular flexibility index (Phi) is 4.63. The molecular formula is C17H18FN7O2. The van der Waals surface area contributed by atoms with E-state index in [2.05, 4.69) is 25.2 Å². The quantitative estimate of drug-likeness (QED) is 0.665. The Morgan fingerprint density at radius 1 is 1.15 bits per heavy atom. The van der Waals surface area contributed by atoms with Crippen molar-refractivity contribution >= 4 is 22.9 Å². The highest BCUT2D eigenvalue weighted by Gasteiger charge is 2.24. The van der Waals surface area contributed by atoms with E-state index in [0.29, 0.717) is 48.8 Å². The van der Waals surface area contributed by atoms with Crippen LogP contribution in [0, 0.1) is 5.82 Å². The maximum Gasteiger partial charge on any atom is 0.248 e. The van der Waals surface area contributed by atoms with E-state index in [-0.39, 0.29) is 18.3 Å². The molecule has 0 saturated carbocycles. The van der Waals surface area contributed by atoms with Crippen LogP contribution in [0.4, 0.5) is 10.2 Å². The monoisotopic (exact) mass is 371 g/mol. The van der Waals surface area contributed by atoms with E-state index in [0.717, 1.165) is 0 Å². The number of aromatic nitrogens is 5. The minimum absolute atomic E-state index is 0.0211. The molecule has 0 atom stereocenters. The largest absolute Gasteiger partial charge is 0.375 e. The Hall–Kier alpha value is -3.14. The highest BCUT2D eigenvalue weighted by atomic mass is 19.1. The summed E-state index contributed by atoms with van der Waals surface area (Å²) in [6, 6.07) is 5.96. The SMILES string of the molecule is COCC(=O)N1CCN(c2ncnc3c2nnn3-c2ccc(F)cc2)CC1.